The average molecular weight is 168 g/mol. The third kappa shape index (κ3) is 0.803. The van der Waals surface area contributed by atoms with Crippen LogP contribution in [0.25, 0.3) is 6.08 Å². The summed E-state index contributed by atoms with van der Waals surface area (Å²) in [6, 6.07) is 0. The SMILES string of the molecule is S=S1C=Cc2ncncc21. The van der Waals surface area contributed by atoms with Gasteiger partial charge >= 0.3 is 0 Å². The molecule has 1 atom stereocenters. The number of hydrogen-bond acceptors (Lipinski definition) is 3. The second-order valence-electron chi connectivity index (χ2n) is 1.87. The normalized spacial score (nSPS) is 21.0. The zero-order valence-electron chi connectivity index (χ0n) is 5.02. The summed E-state index contributed by atoms with van der Waals surface area (Å²) in [6.07, 6.45) is 5.28. The Hall–Kier alpha value is -0.610. The van der Waals surface area contributed by atoms with Crippen molar-refractivity contribution in [3.8, 4) is 0 Å². The largest absolute Gasteiger partial charge is 0.244 e. The van der Waals surface area contributed by atoms with E-state index in [9.17, 15) is 0 Å². The lowest BCUT2D eigenvalue weighted by Crippen LogP contribution is -1.87. The van der Waals surface area contributed by atoms with Gasteiger partial charge in [0, 0.05) is 6.20 Å². The predicted molar refractivity (Wildman–Crippen MR) is 44.1 cm³/mol. The quantitative estimate of drug-likeness (QED) is 0.575. The monoisotopic (exact) mass is 168 g/mol. The van der Waals surface area contributed by atoms with Crippen molar-refractivity contribution in [2.24, 2.45) is 0 Å². The van der Waals surface area contributed by atoms with Crippen LogP contribution in [0.2, 0.25) is 0 Å². The van der Waals surface area contributed by atoms with E-state index < -0.39 is 0 Å². The molecule has 0 saturated heterocycles. The van der Waals surface area contributed by atoms with Gasteiger partial charge in [0.1, 0.15) is 6.33 Å². The van der Waals surface area contributed by atoms with Crippen molar-refractivity contribution < 1.29 is 0 Å². The van der Waals surface area contributed by atoms with Crippen molar-refractivity contribution in [1.82, 2.24) is 9.97 Å². The molecule has 0 bridgehead atoms. The van der Waals surface area contributed by atoms with Crippen molar-refractivity contribution in [3.63, 3.8) is 0 Å². The summed E-state index contributed by atoms with van der Waals surface area (Å²) in [6.45, 7) is 0. The molecule has 0 radical (unpaired) electrons. The standard InChI is InChI=1S/C6H4N2S2/c9-10-2-1-5-6(10)3-7-4-8-5/h1-4H. The minimum Gasteiger partial charge on any atom is -0.244 e. The van der Waals surface area contributed by atoms with Gasteiger partial charge in [0.05, 0.1) is 10.6 Å². The number of nitrogens with zero attached hydrogens (tertiary/aromatic N) is 2. The van der Waals surface area contributed by atoms with E-state index in [0.29, 0.717) is 0 Å². The molecule has 0 N–H and O–H groups in total. The van der Waals surface area contributed by atoms with Crippen LogP contribution in [0.1, 0.15) is 5.69 Å². The Morgan fingerprint density at radius 1 is 1.50 bits per heavy atom. The van der Waals surface area contributed by atoms with Crippen LogP contribution < -0.4 is 0 Å². The number of fused-ring (bicyclic) bond motifs is 1. The zero-order valence-corrected chi connectivity index (χ0v) is 6.65. The molecule has 1 aliphatic rings. The lowest BCUT2D eigenvalue weighted by molar-refractivity contribution is 1.08. The second kappa shape index (κ2) is 2.21. The maximum absolute atomic E-state index is 5.12. The molecule has 2 rings (SSSR count). The van der Waals surface area contributed by atoms with Crippen LogP contribution in [0, 0.1) is 0 Å². The first-order valence-corrected chi connectivity index (χ1v) is 4.98. The van der Waals surface area contributed by atoms with Gasteiger partial charge in [-0.3, -0.25) is 0 Å². The van der Waals surface area contributed by atoms with E-state index in [1.807, 2.05) is 11.5 Å². The second-order valence-corrected chi connectivity index (χ2v) is 4.26. The molecule has 0 spiro atoms. The molecule has 1 aliphatic heterocycles. The van der Waals surface area contributed by atoms with Crippen LogP contribution in [0.5, 0.6) is 0 Å². The lowest BCUT2D eigenvalue weighted by atomic mass is 10.4. The summed E-state index contributed by atoms with van der Waals surface area (Å²) in [5.41, 5.74) is 0.980. The van der Waals surface area contributed by atoms with Crippen LogP contribution in [0.15, 0.2) is 22.8 Å². The zero-order chi connectivity index (χ0) is 6.97. The minimum atomic E-state index is -0.170. The van der Waals surface area contributed by atoms with E-state index in [4.69, 9.17) is 11.2 Å². The van der Waals surface area contributed by atoms with Gasteiger partial charge in [0.25, 0.3) is 0 Å². The smallest absolute Gasteiger partial charge is 0.116 e. The van der Waals surface area contributed by atoms with Crippen molar-refractivity contribution in [2.45, 2.75) is 4.90 Å². The molecule has 0 amide bonds. The van der Waals surface area contributed by atoms with Crippen LogP contribution in [-0.2, 0) is 20.6 Å². The van der Waals surface area contributed by atoms with Gasteiger partial charge in [-0.1, -0.05) is 9.45 Å². The van der Waals surface area contributed by atoms with Gasteiger partial charge in [0.15, 0.2) is 0 Å². The van der Waals surface area contributed by atoms with Gasteiger partial charge < -0.3 is 0 Å². The lowest BCUT2D eigenvalue weighted by Gasteiger charge is -1.93. The van der Waals surface area contributed by atoms with E-state index in [-0.39, 0.29) is 9.45 Å². The summed E-state index contributed by atoms with van der Waals surface area (Å²) in [4.78, 5) is 9.03. The van der Waals surface area contributed by atoms with E-state index in [1.54, 1.807) is 12.5 Å². The highest BCUT2D eigenvalue weighted by atomic mass is 32.8. The molecule has 1 unspecified atom stereocenters. The molecule has 50 valence electrons. The topological polar surface area (TPSA) is 25.8 Å². The van der Waals surface area contributed by atoms with E-state index in [0.717, 1.165) is 10.6 Å². The molecule has 0 aliphatic carbocycles. The highest BCUT2D eigenvalue weighted by Gasteiger charge is 2.08. The van der Waals surface area contributed by atoms with Crippen LogP contribution >= 0.6 is 0 Å². The fraction of sp³-hybridized carbons (Fsp3) is 0. The Morgan fingerprint density at radius 3 is 3.20 bits per heavy atom. The first kappa shape index (κ1) is 6.12. The van der Waals surface area contributed by atoms with Crippen molar-refractivity contribution in [1.29, 1.82) is 0 Å². The molecule has 2 nitrogen and oxygen atoms in total. The molecule has 1 aromatic rings. The summed E-state index contributed by atoms with van der Waals surface area (Å²) >= 11 is 5.12. The first-order valence-electron chi connectivity index (χ1n) is 2.77. The van der Waals surface area contributed by atoms with Crippen LogP contribution in [-0.4, -0.2) is 9.97 Å². The van der Waals surface area contributed by atoms with Crippen LogP contribution in [0.3, 0.4) is 0 Å². The Morgan fingerprint density at radius 2 is 2.40 bits per heavy atom. The van der Waals surface area contributed by atoms with Crippen molar-refractivity contribution in [2.75, 3.05) is 0 Å². The summed E-state index contributed by atoms with van der Waals surface area (Å²) < 4.78 is 0. The highest BCUT2D eigenvalue weighted by molar-refractivity contribution is 8.30. The number of rotatable bonds is 0. The van der Waals surface area contributed by atoms with Gasteiger partial charge in [-0.15, -0.1) is 0 Å². The average Bonchev–Trinajstić information content (AvgIpc) is 2.34. The van der Waals surface area contributed by atoms with Crippen LogP contribution in [0.4, 0.5) is 0 Å². The van der Waals surface area contributed by atoms with Gasteiger partial charge in [0.2, 0.25) is 0 Å². The molecule has 0 fully saturated rings. The third-order valence-electron chi connectivity index (χ3n) is 1.27. The molecular weight excluding hydrogens is 164 g/mol. The molecule has 10 heavy (non-hydrogen) atoms. The Bertz CT molecular complexity index is 319. The Labute approximate surface area is 65.6 Å². The molecule has 1 aromatic heterocycles. The Kier molecular flexibility index (Phi) is 1.35. The molecule has 2 heterocycles. The molecule has 4 heteroatoms. The Balaban J connectivity index is 2.70. The fourth-order valence-corrected chi connectivity index (χ4v) is 2.25. The summed E-state index contributed by atoms with van der Waals surface area (Å²) in [5, 5.41) is 1.98. The van der Waals surface area contributed by atoms with E-state index >= 15 is 0 Å². The van der Waals surface area contributed by atoms with Gasteiger partial charge in [-0.05, 0) is 22.7 Å². The third-order valence-corrected chi connectivity index (χ3v) is 3.28. The van der Waals surface area contributed by atoms with Gasteiger partial charge in [-0.25, -0.2) is 9.97 Å². The minimum absolute atomic E-state index is 0.170. The van der Waals surface area contributed by atoms with E-state index in [2.05, 4.69) is 9.97 Å². The van der Waals surface area contributed by atoms with Gasteiger partial charge in [-0.2, -0.15) is 0 Å². The maximum Gasteiger partial charge on any atom is 0.116 e. The number of hydrogen-bond donors (Lipinski definition) is 0. The summed E-state index contributed by atoms with van der Waals surface area (Å²) in [7, 11) is -0.170. The predicted octanol–water partition coefficient (Wildman–Crippen LogP) is 0.900. The first-order chi connectivity index (χ1) is 4.88. The number of aromatic nitrogens is 2. The van der Waals surface area contributed by atoms with Crippen molar-refractivity contribution in [3.05, 3.63) is 23.6 Å². The highest BCUT2D eigenvalue weighted by Crippen LogP contribution is 2.19. The molecular formula is C6H4N2S2. The fourth-order valence-electron chi connectivity index (χ4n) is 0.806. The maximum atomic E-state index is 5.12. The van der Waals surface area contributed by atoms with Crippen molar-refractivity contribution >= 4 is 26.7 Å². The molecule has 0 aromatic carbocycles. The summed E-state index contributed by atoms with van der Waals surface area (Å²) in [5.74, 6) is 0. The molecule has 0 saturated carbocycles. The van der Waals surface area contributed by atoms with E-state index in [1.165, 1.54) is 0 Å².